The largest absolute Gasteiger partial charge is 0.396 e. The zero-order valence-corrected chi connectivity index (χ0v) is 15.2. The lowest BCUT2D eigenvalue weighted by molar-refractivity contribution is 0.632. The third-order valence-electron chi connectivity index (χ3n) is 5.05. The van der Waals surface area contributed by atoms with Crippen molar-refractivity contribution in [1.82, 2.24) is 9.97 Å². The van der Waals surface area contributed by atoms with Gasteiger partial charge in [0.25, 0.3) is 5.56 Å². The highest BCUT2D eigenvalue weighted by Gasteiger charge is 2.30. The van der Waals surface area contributed by atoms with Crippen LogP contribution in [0.4, 0.5) is 15.8 Å². The molecule has 0 aliphatic heterocycles. The van der Waals surface area contributed by atoms with E-state index in [1.54, 1.807) is 0 Å². The van der Waals surface area contributed by atoms with Crippen LogP contribution in [-0.4, -0.2) is 16.2 Å². The molecule has 6 nitrogen and oxygen atoms in total. The first kappa shape index (κ1) is 17.5. The summed E-state index contributed by atoms with van der Waals surface area (Å²) in [4.78, 5) is 19.9. The summed E-state index contributed by atoms with van der Waals surface area (Å²) in [5.41, 5.74) is 14.2. The van der Waals surface area contributed by atoms with Crippen molar-refractivity contribution in [3.63, 3.8) is 0 Å². The zero-order valence-electron chi connectivity index (χ0n) is 14.5. The Morgan fingerprint density at radius 3 is 2.67 bits per heavy atom. The topological polar surface area (TPSA) is 122 Å². The number of nitrogen functional groups attached to an aromatic ring is 2. The van der Waals surface area contributed by atoms with Crippen molar-refractivity contribution < 1.29 is 4.39 Å². The second-order valence-electron chi connectivity index (χ2n) is 6.75. The molecule has 1 aromatic carbocycles. The normalized spacial score (nSPS) is 13.9. The van der Waals surface area contributed by atoms with Crippen LogP contribution in [0.15, 0.2) is 16.9 Å². The van der Waals surface area contributed by atoms with E-state index < -0.39 is 11.4 Å². The molecule has 0 saturated heterocycles. The van der Waals surface area contributed by atoms with Gasteiger partial charge in [-0.1, -0.05) is 17.7 Å². The average molecular weight is 386 g/mol. The molecule has 1 aliphatic carbocycles. The molecule has 0 amide bonds. The Hall–Kier alpha value is -2.93. The molecule has 2 aromatic heterocycles. The Morgan fingerprint density at radius 2 is 2.04 bits per heavy atom. The maximum absolute atomic E-state index is 13.9. The number of pyridine rings is 2. The molecule has 1 aliphatic rings. The molecule has 4 rings (SSSR count). The first-order chi connectivity index (χ1) is 12.8. The van der Waals surface area contributed by atoms with Gasteiger partial charge in [-0.05, 0) is 37.0 Å². The standard InChI is InChI=1S/C19H17ClFN5O/c1-7-16(8-2-3-8)25-18(20)13-12(15(24)19(27)26-17(7)13)9-4-5-11(21)14(23)10(9)6-22/h4-6,8,22H,2-3,23-24H2,1H3,(H,26,27). The number of nitrogens with one attached hydrogen (secondary N) is 2. The van der Waals surface area contributed by atoms with Crippen molar-refractivity contribution in [1.29, 1.82) is 5.41 Å². The fraction of sp³-hybridized carbons (Fsp3) is 0.211. The molecule has 0 spiro atoms. The van der Waals surface area contributed by atoms with Gasteiger partial charge in [-0.3, -0.25) is 4.79 Å². The van der Waals surface area contributed by atoms with E-state index >= 15 is 0 Å². The summed E-state index contributed by atoms with van der Waals surface area (Å²) in [6, 6.07) is 2.62. The van der Waals surface area contributed by atoms with E-state index in [-0.39, 0.29) is 22.1 Å². The Bertz CT molecular complexity index is 1180. The van der Waals surface area contributed by atoms with Crippen LogP contribution in [0.1, 0.15) is 35.6 Å². The van der Waals surface area contributed by atoms with Gasteiger partial charge in [-0.2, -0.15) is 0 Å². The van der Waals surface area contributed by atoms with Crippen LogP contribution < -0.4 is 17.0 Å². The van der Waals surface area contributed by atoms with Crippen LogP contribution in [-0.2, 0) is 0 Å². The molecule has 27 heavy (non-hydrogen) atoms. The van der Waals surface area contributed by atoms with Crippen molar-refractivity contribution in [2.45, 2.75) is 25.7 Å². The molecule has 2 heterocycles. The summed E-state index contributed by atoms with van der Waals surface area (Å²) in [6.45, 7) is 1.88. The lowest BCUT2D eigenvalue weighted by atomic mass is 9.93. The van der Waals surface area contributed by atoms with E-state index in [9.17, 15) is 9.18 Å². The van der Waals surface area contributed by atoms with E-state index in [4.69, 9.17) is 28.5 Å². The number of hydrogen-bond acceptors (Lipinski definition) is 5. The Balaban J connectivity index is 2.18. The lowest BCUT2D eigenvalue weighted by Gasteiger charge is -2.17. The van der Waals surface area contributed by atoms with E-state index in [2.05, 4.69) is 9.97 Å². The SMILES string of the molecule is Cc1c(C2CC2)nc(Cl)c2c(-c3ccc(F)c(N)c3C=N)c(N)c(=O)[nH]c12. The first-order valence-electron chi connectivity index (χ1n) is 8.45. The van der Waals surface area contributed by atoms with Gasteiger partial charge in [0.05, 0.1) is 16.9 Å². The van der Waals surface area contributed by atoms with E-state index in [0.29, 0.717) is 27.9 Å². The summed E-state index contributed by atoms with van der Waals surface area (Å²) >= 11 is 6.50. The highest BCUT2D eigenvalue weighted by Crippen LogP contribution is 2.45. The second-order valence-corrected chi connectivity index (χ2v) is 7.10. The van der Waals surface area contributed by atoms with Crippen molar-refractivity contribution >= 4 is 40.1 Å². The third-order valence-corrected chi connectivity index (χ3v) is 5.32. The van der Waals surface area contributed by atoms with Crippen molar-refractivity contribution in [2.75, 3.05) is 11.5 Å². The van der Waals surface area contributed by atoms with Crippen LogP contribution in [0.3, 0.4) is 0 Å². The predicted octanol–water partition coefficient (Wildman–Crippen LogP) is 3.73. The van der Waals surface area contributed by atoms with Gasteiger partial charge in [0.1, 0.15) is 16.7 Å². The van der Waals surface area contributed by atoms with Crippen molar-refractivity contribution in [3.8, 4) is 11.1 Å². The number of nitrogens with zero attached hydrogens (tertiary/aromatic N) is 1. The Labute approximate surface area is 158 Å². The fourth-order valence-electron chi connectivity index (χ4n) is 3.49. The number of aromatic amines is 1. The Morgan fingerprint density at radius 1 is 1.33 bits per heavy atom. The number of fused-ring (bicyclic) bond motifs is 1. The smallest absolute Gasteiger partial charge is 0.272 e. The molecule has 6 N–H and O–H groups in total. The van der Waals surface area contributed by atoms with Crippen molar-refractivity contribution in [2.24, 2.45) is 0 Å². The third kappa shape index (κ3) is 2.57. The van der Waals surface area contributed by atoms with Crippen molar-refractivity contribution in [3.05, 3.63) is 50.3 Å². The zero-order chi connectivity index (χ0) is 19.5. The lowest BCUT2D eigenvalue weighted by Crippen LogP contribution is -2.16. The van der Waals surface area contributed by atoms with Gasteiger partial charge >= 0.3 is 0 Å². The molecule has 0 unspecified atom stereocenters. The van der Waals surface area contributed by atoms with Crippen LogP contribution in [0.5, 0.6) is 0 Å². The molecule has 1 fully saturated rings. The molecule has 0 atom stereocenters. The van der Waals surface area contributed by atoms with Gasteiger partial charge in [0, 0.05) is 28.6 Å². The summed E-state index contributed by atoms with van der Waals surface area (Å²) in [7, 11) is 0. The number of rotatable bonds is 3. The maximum Gasteiger partial charge on any atom is 0.272 e. The average Bonchev–Trinajstić information content (AvgIpc) is 3.47. The monoisotopic (exact) mass is 385 g/mol. The van der Waals surface area contributed by atoms with Gasteiger partial charge in [0.15, 0.2) is 0 Å². The second kappa shape index (κ2) is 6.06. The number of anilines is 2. The fourth-order valence-corrected chi connectivity index (χ4v) is 3.78. The summed E-state index contributed by atoms with van der Waals surface area (Å²) in [5.74, 6) is -0.309. The van der Waals surface area contributed by atoms with Gasteiger partial charge in [0.2, 0.25) is 0 Å². The number of nitrogens with two attached hydrogens (primary N) is 2. The van der Waals surface area contributed by atoms with E-state index in [0.717, 1.165) is 30.3 Å². The van der Waals surface area contributed by atoms with Crippen LogP contribution in [0, 0.1) is 18.2 Å². The molecule has 138 valence electrons. The van der Waals surface area contributed by atoms with Crippen LogP contribution >= 0.6 is 11.6 Å². The van der Waals surface area contributed by atoms with E-state index in [1.807, 2.05) is 6.92 Å². The van der Waals surface area contributed by atoms with Gasteiger partial charge < -0.3 is 21.9 Å². The first-order valence-corrected chi connectivity index (χ1v) is 8.83. The molecule has 1 saturated carbocycles. The molecule has 0 bridgehead atoms. The minimum atomic E-state index is -0.651. The predicted molar refractivity (Wildman–Crippen MR) is 106 cm³/mol. The van der Waals surface area contributed by atoms with Gasteiger partial charge in [-0.25, -0.2) is 9.37 Å². The minimum absolute atomic E-state index is 0.0844. The number of H-pyrrole nitrogens is 1. The number of halogens is 2. The number of aryl methyl sites for hydroxylation is 1. The number of benzene rings is 1. The maximum atomic E-state index is 13.9. The molecule has 8 heteroatoms. The van der Waals surface area contributed by atoms with E-state index in [1.165, 1.54) is 12.1 Å². The van der Waals surface area contributed by atoms with Crippen LogP contribution in [0.25, 0.3) is 22.0 Å². The number of hydrogen-bond donors (Lipinski definition) is 4. The number of aromatic nitrogens is 2. The minimum Gasteiger partial charge on any atom is -0.396 e. The van der Waals surface area contributed by atoms with Gasteiger partial charge in [-0.15, -0.1) is 0 Å². The summed E-state index contributed by atoms with van der Waals surface area (Å²) < 4.78 is 13.9. The molecule has 0 radical (unpaired) electrons. The highest BCUT2D eigenvalue weighted by molar-refractivity contribution is 6.36. The summed E-state index contributed by atoms with van der Waals surface area (Å²) in [5, 5.41) is 8.32. The Kier molecular flexibility index (Phi) is 3.92. The quantitative estimate of drug-likeness (QED) is 0.311. The highest BCUT2D eigenvalue weighted by atomic mass is 35.5. The summed E-state index contributed by atoms with van der Waals surface area (Å²) in [6.07, 6.45) is 3.01. The molecular formula is C19H17ClFN5O. The molecular weight excluding hydrogens is 369 g/mol. The van der Waals surface area contributed by atoms with Crippen LogP contribution in [0.2, 0.25) is 5.15 Å². The molecule has 3 aromatic rings.